The van der Waals surface area contributed by atoms with Crippen LogP contribution in [-0.4, -0.2) is 31.3 Å². The maximum absolute atomic E-state index is 6.01. The van der Waals surface area contributed by atoms with Gasteiger partial charge in [0, 0.05) is 23.2 Å². The lowest BCUT2D eigenvalue weighted by atomic mass is 10.1. The van der Waals surface area contributed by atoms with Crippen LogP contribution in [-0.2, 0) is 0 Å². The minimum absolute atomic E-state index is 0.379. The highest BCUT2D eigenvalue weighted by molar-refractivity contribution is 5.88. The number of nitrogens with one attached hydrogen (secondary N) is 1. The summed E-state index contributed by atoms with van der Waals surface area (Å²) in [4.78, 5) is 8.75. The van der Waals surface area contributed by atoms with E-state index in [1.807, 2.05) is 42.5 Å². The number of nitrogens with zero attached hydrogens (tertiary/aromatic N) is 2. The van der Waals surface area contributed by atoms with Crippen molar-refractivity contribution in [2.75, 3.05) is 26.6 Å². The van der Waals surface area contributed by atoms with Crippen molar-refractivity contribution in [3.63, 3.8) is 0 Å². The zero-order valence-electron chi connectivity index (χ0n) is 16.9. The summed E-state index contributed by atoms with van der Waals surface area (Å²) in [6, 6.07) is 17.5. The molecule has 1 heterocycles. The molecule has 0 aliphatic carbocycles. The van der Waals surface area contributed by atoms with E-state index >= 15 is 0 Å². The number of anilines is 2. The first-order chi connectivity index (χ1) is 14.7. The van der Waals surface area contributed by atoms with Gasteiger partial charge in [0.25, 0.3) is 0 Å². The normalized spacial score (nSPS) is 10.5. The van der Waals surface area contributed by atoms with Crippen molar-refractivity contribution in [2.24, 2.45) is 0 Å². The molecule has 7 nitrogen and oxygen atoms in total. The van der Waals surface area contributed by atoms with Crippen molar-refractivity contribution < 1.29 is 18.9 Å². The van der Waals surface area contributed by atoms with Gasteiger partial charge in [-0.1, -0.05) is 36.4 Å². The first-order valence-electron chi connectivity index (χ1n) is 9.26. The molecule has 152 valence electrons. The molecular weight excluding hydrogens is 382 g/mol. The van der Waals surface area contributed by atoms with Gasteiger partial charge in [0.15, 0.2) is 17.3 Å². The first kappa shape index (κ1) is 19.3. The lowest BCUT2D eigenvalue weighted by Gasteiger charge is -2.15. The van der Waals surface area contributed by atoms with E-state index in [9.17, 15) is 0 Å². The Bertz CT molecular complexity index is 1150. The Morgan fingerprint density at radius 2 is 1.50 bits per heavy atom. The Kier molecular flexibility index (Phi) is 5.52. The van der Waals surface area contributed by atoms with Crippen LogP contribution in [0.1, 0.15) is 0 Å². The zero-order valence-corrected chi connectivity index (χ0v) is 16.9. The van der Waals surface area contributed by atoms with E-state index in [0.717, 1.165) is 10.8 Å². The zero-order chi connectivity index (χ0) is 20.9. The van der Waals surface area contributed by atoms with E-state index in [2.05, 4.69) is 15.3 Å². The van der Waals surface area contributed by atoms with Crippen molar-refractivity contribution in [1.82, 2.24) is 9.97 Å². The van der Waals surface area contributed by atoms with Crippen molar-refractivity contribution in [3.05, 3.63) is 67.0 Å². The Balaban J connectivity index is 1.61. The number of benzene rings is 3. The number of hydrogen-bond donors (Lipinski definition) is 1. The molecule has 0 unspecified atom stereocenters. The van der Waals surface area contributed by atoms with Gasteiger partial charge in [-0.25, -0.2) is 0 Å². The molecule has 30 heavy (non-hydrogen) atoms. The maximum atomic E-state index is 6.01. The molecule has 0 aliphatic rings. The largest absolute Gasteiger partial charge is 0.493 e. The van der Waals surface area contributed by atoms with E-state index in [1.165, 1.54) is 0 Å². The predicted molar refractivity (Wildman–Crippen MR) is 115 cm³/mol. The fourth-order valence-electron chi connectivity index (χ4n) is 3.16. The van der Waals surface area contributed by atoms with Crippen LogP contribution in [0.5, 0.6) is 28.9 Å². The molecule has 0 bridgehead atoms. The number of aromatic nitrogens is 2. The Morgan fingerprint density at radius 1 is 0.767 bits per heavy atom. The van der Waals surface area contributed by atoms with Crippen LogP contribution < -0.4 is 24.3 Å². The summed E-state index contributed by atoms with van der Waals surface area (Å²) in [6.45, 7) is 0. The molecule has 4 aromatic rings. The molecule has 3 aromatic carbocycles. The highest BCUT2D eigenvalue weighted by atomic mass is 16.5. The first-order valence-corrected chi connectivity index (χ1v) is 9.26. The van der Waals surface area contributed by atoms with Gasteiger partial charge in [-0.2, -0.15) is 4.98 Å². The molecule has 0 amide bonds. The van der Waals surface area contributed by atoms with E-state index in [4.69, 9.17) is 18.9 Å². The number of ether oxygens (including phenoxy) is 4. The fourth-order valence-corrected chi connectivity index (χ4v) is 3.16. The van der Waals surface area contributed by atoms with Gasteiger partial charge in [0.1, 0.15) is 5.75 Å². The summed E-state index contributed by atoms with van der Waals surface area (Å²) in [7, 11) is 4.70. The van der Waals surface area contributed by atoms with Gasteiger partial charge in [-0.05, 0) is 11.5 Å². The van der Waals surface area contributed by atoms with Gasteiger partial charge in [0.05, 0.1) is 33.7 Å². The molecule has 7 heteroatoms. The van der Waals surface area contributed by atoms with Crippen LogP contribution in [0, 0.1) is 0 Å². The highest BCUT2D eigenvalue weighted by Crippen LogP contribution is 2.40. The summed E-state index contributed by atoms with van der Waals surface area (Å²) >= 11 is 0. The topological polar surface area (TPSA) is 74.7 Å². The lowest BCUT2D eigenvalue weighted by Crippen LogP contribution is -2.00. The van der Waals surface area contributed by atoms with Crippen molar-refractivity contribution in [3.8, 4) is 28.9 Å². The third-order valence-electron chi connectivity index (χ3n) is 4.51. The minimum Gasteiger partial charge on any atom is -0.493 e. The molecule has 1 aromatic heterocycles. The van der Waals surface area contributed by atoms with E-state index in [-0.39, 0.29) is 0 Å². The van der Waals surface area contributed by atoms with E-state index in [1.54, 1.807) is 45.9 Å². The Labute approximate surface area is 174 Å². The third-order valence-corrected chi connectivity index (χ3v) is 4.51. The smallest absolute Gasteiger partial charge is 0.239 e. The number of methoxy groups -OCH3 is 3. The summed E-state index contributed by atoms with van der Waals surface area (Å²) in [5, 5.41) is 5.30. The van der Waals surface area contributed by atoms with Crippen LogP contribution in [0.4, 0.5) is 11.5 Å². The van der Waals surface area contributed by atoms with E-state index in [0.29, 0.717) is 40.4 Å². The van der Waals surface area contributed by atoms with Gasteiger partial charge in [0.2, 0.25) is 11.6 Å². The number of hydrogen-bond acceptors (Lipinski definition) is 7. The average Bonchev–Trinajstić information content (AvgIpc) is 2.79. The highest BCUT2D eigenvalue weighted by Gasteiger charge is 2.14. The molecule has 4 rings (SSSR count). The number of rotatable bonds is 7. The van der Waals surface area contributed by atoms with Crippen LogP contribution >= 0.6 is 0 Å². The van der Waals surface area contributed by atoms with Crippen LogP contribution in [0.3, 0.4) is 0 Å². The predicted octanol–water partition coefficient (Wildman–Crippen LogP) is 5.19. The Hall–Kier alpha value is -4.00. The third kappa shape index (κ3) is 3.91. The molecule has 0 atom stereocenters. The van der Waals surface area contributed by atoms with Crippen LogP contribution in [0.25, 0.3) is 10.8 Å². The Morgan fingerprint density at radius 3 is 2.23 bits per heavy atom. The molecule has 0 spiro atoms. The summed E-state index contributed by atoms with van der Waals surface area (Å²) in [6.07, 6.45) is 3.18. The lowest BCUT2D eigenvalue weighted by molar-refractivity contribution is 0.324. The second-order valence-electron chi connectivity index (χ2n) is 6.36. The number of fused-ring (bicyclic) bond motifs is 1. The molecule has 0 radical (unpaired) electrons. The van der Waals surface area contributed by atoms with E-state index < -0.39 is 0 Å². The van der Waals surface area contributed by atoms with Gasteiger partial charge in [-0.15, -0.1) is 0 Å². The monoisotopic (exact) mass is 403 g/mol. The van der Waals surface area contributed by atoms with Crippen molar-refractivity contribution in [1.29, 1.82) is 0 Å². The molecule has 0 saturated heterocycles. The van der Waals surface area contributed by atoms with Crippen molar-refractivity contribution in [2.45, 2.75) is 0 Å². The van der Waals surface area contributed by atoms with Gasteiger partial charge in [-0.3, -0.25) is 4.98 Å². The van der Waals surface area contributed by atoms with Crippen LogP contribution in [0.15, 0.2) is 67.0 Å². The molecular formula is C23H21N3O4. The SMILES string of the molecule is COc1cc(Nc2cncc(Oc3cccc4ccccc34)n2)cc(OC)c1OC. The molecule has 0 fully saturated rings. The van der Waals surface area contributed by atoms with Gasteiger partial charge >= 0.3 is 0 Å². The second kappa shape index (κ2) is 8.57. The fraction of sp³-hybridized carbons (Fsp3) is 0.130. The quantitative estimate of drug-likeness (QED) is 0.455. The van der Waals surface area contributed by atoms with Crippen molar-refractivity contribution >= 4 is 22.3 Å². The van der Waals surface area contributed by atoms with Gasteiger partial charge < -0.3 is 24.3 Å². The average molecular weight is 403 g/mol. The summed E-state index contributed by atoms with van der Waals surface area (Å²) in [5.41, 5.74) is 0.709. The summed E-state index contributed by atoms with van der Waals surface area (Å²) in [5.74, 6) is 3.20. The molecule has 1 N–H and O–H groups in total. The standard InChI is InChI=1S/C23H21N3O4/c1-27-19-11-16(12-20(28-2)23(19)29-3)25-21-13-24-14-22(26-21)30-18-10-6-8-15-7-4-5-9-17(15)18/h4-14H,1-3H3,(H,25,26). The minimum atomic E-state index is 0.379. The second-order valence-corrected chi connectivity index (χ2v) is 6.36. The molecule has 0 saturated carbocycles. The van der Waals surface area contributed by atoms with Crippen LogP contribution in [0.2, 0.25) is 0 Å². The summed E-state index contributed by atoms with van der Waals surface area (Å²) < 4.78 is 22.2. The molecule has 0 aliphatic heterocycles. The maximum Gasteiger partial charge on any atom is 0.239 e.